The number of hydrogen-bond acceptors (Lipinski definition) is 7. The summed E-state index contributed by atoms with van der Waals surface area (Å²) >= 11 is 0. The maximum Gasteiger partial charge on any atom is 0.253 e. The molecule has 0 spiro atoms. The molecule has 0 radical (unpaired) electrons. The summed E-state index contributed by atoms with van der Waals surface area (Å²) in [5.41, 5.74) is 1.33. The van der Waals surface area contributed by atoms with Crippen LogP contribution in [0.1, 0.15) is 62.5 Å². The highest BCUT2D eigenvalue weighted by Gasteiger charge is 2.33. The lowest BCUT2D eigenvalue weighted by Crippen LogP contribution is -2.42. The molecule has 170 valence electrons. The van der Waals surface area contributed by atoms with Crippen molar-refractivity contribution in [2.75, 3.05) is 32.9 Å². The third-order valence-corrected chi connectivity index (χ3v) is 6.54. The molecule has 0 unspecified atom stereocenters. The SMILES string of the molecule is CCOc1ccc2[nH]c(=O)c([C@@H](c3nnnn3C3CCCCC3)N3CCOCC3)cc2c1. The molecule has 2 aliphatic rings. The van der Waals surface area contributed by atoms with Crippen LogP contribution < -0.4 is 10.3 Å². The van der Waals surface area contributed by atoms with Gasteiger partial charge in [0, 0.05) is 29.6 Å². The quantitative estimate of drug-likeness (QED) is 0.632. The summed E-state index contributed by atoms with van der Waals surface area (Å²) in [6.07, 6.45) is 5.76. The van der Waals surface area contributed by atoms with Crippen LogP contribution in [0.4, 0.5) is 0 Å². The number of morpholine rings is 1. The van der Waals surface area contributed by atoms with Gasteiger partial charge in [-0.1, -0.05) is 19.3 Å². The van der Waals surface area contributed by atoms with Crippen LogP contribution in [0.2, 0.25) is 0 Å². The van der Waals surface area contributed by atoms with E-state index >= 15 is 0 Å². The van der Waals surface area contributed by atoms with Crippen LogP contribution in [0.15, 0.2) is 29.1 Å². The number of nitrogens with one attached hydrogen (secondary N) is 1. The van der Waals surface area contributed by atoms with Crippen molar-refractivity contribution in [1.29, 1.82) is 0 Å². The summed E-state index contributed by atoms with van der Waals surface area (Å²) in [4.78, 5) is 18.6. The molecule has 1 aliphatic carbocycles. The zero-order valence-electron chi connectivity index (χ0n) is 18.5. The van der Waals surface area contributed by atoms with E-state index in [9.17, 15) is 4.79 Å². The smallest absolute Gasteiger partial charge is 0.253 e. The van der Waals surface area contributed by atoms with Gasteiger partial charge in [-0.05, 0) is 54.5 Å². The summed E-state index contributed by atoms with van der Waals surface area (Å²) in [6.45, 7) is 5.25. The summed E-state index contributed by atoms with van der Waals surface area (Å²) in [5, 5.41) is 13.8. The van der Waals surface area contributed by atoms with Crippen molar-refractivity contribution in [3.8, 4) is 5.75 Å². The van der Waals surface area contributed by atoms with E-state index in [0.717, 1.165) is 48.4 Å². The minimum Gasteiger partial charge on any atom is -0.494 e. The van der Waals surface area contributed by atoms with E-state index < -0.39 is 0 Å². The first kappa shape index (κ1) is 21.1. The Balaban J connectivity index is 1.61. The van der Waals surface area contributed by atoms with Crippen molar-refractivity contribution in [1.82, 2.24) is 30.1 Å². The molecule has 3 aromatic rings. The largest absolute Gasteiger partial charge is 0.494 e. The molecule has 1 aliphatic heterocycles. The van der Waals surface area contributed by atoms with Crippen LogP contribution in [0.3, 0.4) is 0 Å². The number of ether oxygens (including phenoxy) is 2. The highest BCUT2D eigenvalue weighted by Crippen LogP contribution is 2.33. The average Bonchev–Trinajstić information content (AvgIpc) is 3.31. The van der Waals surface area contributed by atoms with E-state index in [1.807, 2.05) is 35.9 Å². The lowest BCUT2D eigenvalue weighted by molar-refractivity contribution is 0.0209. The van der Waals surface area contributed by atoms with Gasteiger partial charge in [0.25, 0.3) is 5.56 Å². The Morgan fingerprint density at radius 1 is 1.19 bits per heavy atom. The molecular formula is C23H30N6O3. The second kappa shape index (κ2) is 9.38. The number of hydrogen-bond donors (Lipinski definition) is 1. The first-order valence-corrected chi connectivity index (χ1v) is 11.6. The van der Waals surface area contributed by atoms with Crippen LogP contribution in [-0.4, -0.2) is 63.0 Å². The van der Waals surface area contributed by atoms with Crippen molar-refractivity contribution < 1.29 is 9.47 Å². The average molecular weight is 439 g/mol. The van der Waals surface area contributed by atoms with Gasteiger partial charge in [0.1, 0.15) is 11.8 Å². The second-order valence-electron chi connectivity index (χ2n) is 8.56. The standard InChI is InChI=1S/C23H30N6O3/c1-2-32-18-8-9-20-16(14-18)15-19(23(30)24-20)21(28-10-12-31-13-11-28)22-25-26-27-29(22)17-6-4-3-5-7-17/h8-9,14-15,17,21H,2-7,10-13H2,1H3,(H,24,30)/t21-/m0/s1. The van der Waals surface area contributed by atoms with Crippen molar-refractivity contribution in [3.05, 3.63) is 46.0 Å². The number of fused-ring (bicyclic) bond motifs is 1. The summed E-state index contributed by atoms with van der Waals surface area (Å²) in [7, 11) is 0. The third-order valence-electron chi connectivity index (χ3n) is 6.54. The lowest BCUT2D eigenvalue weighted by atomic mass is 9.95. The number of tetrazole rings is 1. The maximum atomic E-state index is 13.3. The fraction of sp³-hybridized carbons (Fsp3) is 0.565. The van der Waals surface area contributed by atoms with E-state index in [4.69, 9.17) is 9.47 Å². The van der Waals surface area contributed by atoms with Gasteiger partial charge in [0.15, 0.2) is 5.82 Å². The van der Waals surface area contributed by atoms with Crippen molar-refractivity contribution in [3.63, 3.8) is 0 Å². The third kappa shape index (κ3) is 4.14. The molecule has 1 atom stereocenters. The molecule has 1 saturated heterocycles. The normalized spacial score (nSPS) is 19.3. The second-order valence-corrected chi connectivity index (χ2v) is 8.56. The molecule has 2 aromatic heterocycles. The minimum atomic E-state index is -0.334. The molecule has 5 rings (SSSR count). The molecule has 32 heavy (non-hydrogen) atoms. The van der Waals surface area contributed by atoms with Gasteiger partial charge in [0.05, 0.1) is 25.9 Å². The van der Waals surface area contributed by atoms with E-state index in [1.165, 1.54) is 19.3 Å². The van der Waals surface area contributed by atoms with Gasteiger partial charge >= 0.3 is 0 Å². The number of pyridine rings is 1. The molecular weight excluding hydrogens is 408 g/mol. The zero-order chi connectivity index (χ0) is 21.9. The maximum absolute atomic E-state index is 13.3. The molecule has 2 fully saturated rings. The van der Waals surface area contributed by atoms with Crippen LogP contribution in [0.5, 0.6) is 5.75 Å². The monoisotopic (exact) mass is 438 g/mol. The predicted molar refractivity (Wildman–Crippen MR) is 120 cm³/mol. The van der Waals surface area contributed by atoms with Gasteiger partial charge in [0.2, 0.25) is 0 Å². The van der Waals surface area contributed by atoms with Gasteiger partial charge in [-0.3, -0.25) is 9.69 Å². The van der Waals surface area contributed by atoms with E-state index in [-0.39, 0.29) is 17.6 Å². The first-order valence-electron chi connectivity index (χ1n) is 11.6. The molecule has 0 bridgehead atoms. The number of rotatable bonds is 6. The molecule has 1 saturated carbocycles. The van der Waals surface area contributed by atoms with Crippen molar-refractivity contribution in [2.45, 2.75) is 51.1 Å². The lowest BCUT2D eigenvalue weighted by Gasteiger charge is -2.34. The van der Waals surface area contributed by atoms with Gasteiger partial charge < -0.3 is 14.5 Å². The Morgan fingerprint density at radius 3 is 2.78 bits per heavy atom. The Labute approximate surface area is 186 Å². The van der Waals surface area contributed by atoms with Crippen LogP contribution in [0, 0.1) is 0 Å². The van der Waals surface area contributed by atoms with Crippen LogP contribution in [0.25, 0.3) is 10.9 Å². The molecule has 0 amide bonds. The zero-order valence-corrected chi connectivity index (χ0v) is 18.5. The predicted octanol–water partition coefficient (Wildman–Crippen LogP) is 2.84. The Hall–Kier alpha value is -2.78. The molecule has 9 nitrogen and oxygen atoms in total. The molecule has 1 N–H and O–H groups in total. The minimum absolute atomic E-state index is 0.114. The van der Waals surface area contributed by atoms with E-state index in [0.29, 0.717) is 25.4 Å². The Bertz CT molecular complexity index is 1110. The highest BCUT2D eigenvalue weighted by molar-refractivity contribution is 5.80. The number of nitrogens with zero attached hydrogens (tertiary/aromatic N) is 5. The summed E-state index contributed by atoms with van der Waals surface area (Å²) < 4.78 is 13.2. The Morgan fingerprint density at radius 2 is 2.00 bits per heavy atom. The van der Waals surface area contributed by atoms with Crippen molar-refractivity contribution >= 4 is 10.9 Å². The topological polar surface area (TPSA) is 98.2 Å². The van der Waals surface area contributed by atoms with Crippen LogP contribution in [-0.2, 0) is 4.74 Å². The first-order chi connectivity index (χ1) is 15.7. The number of aromatic amines is 1. The number of benzene rings is 1. The fourth-order valence-corrected chi connectivity index (χ4v) is 4.96. The fourth-order valence-electron chi connectivity index (χ4n) is 4.96. The summed E-state index contributed by atoms with van der Waals surface area (Å²) in [6, 6.07) is 7.66. The van der Waals surface area contributed by atoms with Crippen molar-refractivity contribution in [2.24, 2.45) is 0 Å². The summed E-state index contributed by atoms with van der Waals surface area (Å²) in [5.74, 6) is 1.53. The van der Waals surface area contributed by atoms with Crippen LogP contribution >= 0.6 is 0 Å². The van der Waals surface area contributed by atoms with Gasteiger partial charge in [-0.2, -0.15) is 0 Å². The molecule has 9 heteroatoms. The van der Waals surface area contributed by atoms with E-state index in [2.05, 4.69) is 25.4 Å². The molecule has 3 heterocycles. The van der Waals surface area contributed by atoms with E-state index in [1.54, 1.807) is 0 Å². The number of aromatic nitrogens is 5. The Kier molecular flexibility index (Phi) is 6.18. The molecule has 1 aromatic carbocycles. The number of H-pyrrole nitrogens is 1. The van der Waals surface area contributed by atoms with Gasteiger partial charge in [-0.25, -0.2) is 4.68 Å². The van der Waals surface area contributed by atoms with Gasteiger partial charge in [-0.15, -0.1) is 5.10 Å². The highest BCUT2D eigenvalue weighted by atomic mass is 16.5.